The number of rotatable bonds is 4. The van der Waals surface area contributed by atoms with Gasteiger partial charge in [0.2, 0.25) is 5.91 Å². The number of nitriles is 1. The van der Waals surface area contributed by atoms with Gasteiger partial charge < -0.3 is 9.64 Å². The van der Waals surface area contributed by atoms with Crippen molar-refractivity contribution in [3.63, 3.8) is 0 Å². The van der Waals surface area contributed by atoms with Gasteiger partial charge >= 0.3 is 0 Å². The average molecular weight is 290 g/mol. The number of fused-ring (bicyclic) bond motifs is 2. The number of ether oxygens (including phenoxy) is 1. The van der Waals surface area contributed by atoms with E-state index in [0.717, 1.165) is 12.3 Å². The largest absolute Gasteiger partial charge is 0.378 e. The zero-order chi connectivity index (χ0) is 14.8. The zero-order valence-corrected chi connectivity index (χ0v) is 12.3. The lowest BCUT2D eigenvalue weighted by Gasteiger charge is -2.28. The van der Waals surface area contributed by atoms with Crippen LogP contribution >= 0.6 is 0 Å². The van der Waals surface area contributed by atoms with Crippen molar-refractivity contribution in [2.24, 2.45) is 23.7 Å². The summed E-state index contributed by atoms with van der Waals surface area (Å²) in [4.78, 5) is 26.3. The van der Waals surface area contributed by atoms with Crippen LogP contribution in [0.4, 0.5) is 0 Å². The Balaban J connectivity index is 1.58. The van der Waals surface area contributed by atoms with E-state index in [2.05, 4.69) is 0 Å². The number of hydrogen-bond donors (Lipinski definition) is 0. The minimum atomic E-state index is -1.11. The Morgan fingerprint density at radius 1 is 1.24 bits per heavy atom. The van der Waals surface area contributed by atoms with Gasteiger partial charge in [-0.1, -0.05) is 6.42 Å². The van der Waals surface area contributed by atoms with Crippen LogP contribution in [0, 0.1) is 35.0 Å². The molecule has 5 heteroatoms. The van der Waals surface area contributed by atoms with Crippen molar-refractivity contribution in [1.82, 2.24) is 4.90 Å². The Bertz CT molecular complexity index is 465. The van der Waals surface area contributed by atoms with E-state index < -0.39 is 5.92 Å². The van der Waals surface area contributed by atoms with Gasteiger partial charge in [0.1, 0.15) is 0 Å². The van der Waals surface area contributed by atoms with Gasteiger partial charge in [0.05, 0.1) is 19.3 Å². The summed E-state index contributed by atoms with van der Waals surface area (Å²) in [6.45, 7) is 1.95. The third-order valence-electron chi connectivity index (χ3n) is 5.37. The minimum Gasteiger partial charge on any atom is -0.378 e. The van der Waals surface area contributed by atoms with E-state index in [1.807, 2.05) is 6.07 Å². The van der Waals surface area contributed by atoms with Crippen LogP contribution in [-0.2, 0) is 14.3 Å². The van der Waals surface area contributed by atoms with Crippen molar-refractivity contribution in [3.05, 3.63) is 0 Å². The van der Waals surface area contributed by atoms with Gasteiger partial charge in [-0.25, -0.2) is 0 Å². The molecule has 1 aliphatic heterocycles. The topological polar surface area (TPSA) is 70.4 Å². The number of morpholine rings is 1. The highest BCUT2D eigenvalue weighted by molar-refractivity contribution is 6.04. The number of nitrogens with zero attached hydrogens (tertiary/aromatic N) is 2. The summed E-state index contributed by atoms with van der Waals surface area (Å²) in [5, 5.41) is 9.25. The molecule has 5 nitrogen and oxygen atoms in total. The quantitative estimate of drug-likeness (QED) is 0.733. The molecule has 0 aromatic carbocycles. The Labute approximate surface area is 125 Å². The Hall–Kier alpha value is -1.41. The molecule has 0 unspecified atom stereocenters. The fraction of sp³-hybridized carbons (Fsp3) is 0.812. The molecule has 1 amide bonds. The monoisotopic (exact) mass is 290 g/mol. The highest BCUT2D eigenvalue weighted by Crippen LogP contribution is 2.49. The lowest BCUT2D eigenvalue weighted by atomic mass is 9.83. The summed E-state index contributed by atoms with van der Waals surface area (Å²) in [7, 11) is 0. The maximum Gasteiger partial charge on any atom is 0.247 e. The molecule has 3 aliphatic rings. The molecular weight excluding hydrogens is 268 g/mol. The SMILES string of the molecule is N#C[C@H](C(=O)C[C@@H]1C[C@H]2CC[C@H]1C2)C(=O)N1CCOCC1. The molecule has 0 aromatic rings. The van der Waals surface area contributed by atoms with Gasteiger partial charge in [-0.15, -0.1) is 0 Å². The van der Waals surface area contributed by atoms with E-state index in [9.17, 15) is 14.9 Å². The average Bonchev–Trinajstić information content (AvgIpc) is 3.11. The van der Waals surface area contributed by atoms with Crippen LogP contribution < -0.4 is 0 Å². The summed E-state index contributed by atoms with van der Waals surface area (Å²) >= 11 is 0. The summed E-state index contributed by atoms with van der Waals surface area (Å²) in [6, 6.07) is 1.94. The molecule has 114 valence electrons. The molecule has 1 saturated heterocycles. The molecule has 2 bridgehead atoms. The van der Waals surface area contributed by atoms with E-state index in [1.165, 1.54) is 19.3 Å². The highest BCUT2D eigenvalue weighted by atomic mass is 16.5. The van der Waals surface area contributed by atoms with E-state index in [-0.39, 0.29) is 11.7 Å². The summed E-state index contributed by atoms with van der Waals surface area (Å²) in [5.74, 6) is 0.229. The van der Waals surface area contributed by atoms with Gasteiger partial charge in [-0.3, -0.25) is 9.59 Å². The number of Topliss-reactive ketones (excluding diaryl/α,β-unsaturated/α-hetero) is 1. The van der Waals surface area contributed by atoms with Crippen molar-refractivity contribution >= 4 is 11.7 Å². The number of amides is 1. The van der Waals surface area contributed by atoms with Crippen molar-refractivity contribution in [2.45, 2.75) is 32.1 Å². The van der Waals surface area contributed by atoms with Crippen LogP contribution in [0.3, 0.4) is 0 Å². The Morgan fingerprint density at radius 3 is 2.57 bits per heavy atom. The molecule has 0 spiro atoms. The van der Waals surface area contributed by atoms with E-state index >= 15 is 0 Å². The fourth-order valence-electron chi connectivity index (χ4n) is 4.23. The zero-order valence-electron chi connectivity index (χ0n) is 12.3. The van der Waals surface area contributed by atoms with E-state index in [4.69, 9.17) is 4.74 Å². The van der Waals surface area contributed by atoms with Crippen LogP contribution in [-0.4, -0.2) is 42.9 Å². The highest BCUT2D eigenvalue weighted by Gasteiger charge is 2.42. The first kappa shape index (κ1) is 14.5. The van der Waals surface area contributed by atoms with Gasteiger partial charge in [-0.05, 0) is 37.0 Å². The smallest absolute Gasteiger partial charge is 0.247 e. The first-order chi connectivity index (χ1) is 10.2. The maximum absolute atomic E-state index is 12.4. The number of carbonyl (C=O) groups is 2. The molecule has 0 aromatic heterocycles. The fourth-order valence-corrected chi connectivity index (χ4v) is 4.23. The van der Waals surface area contributed by atoms with Gasteiger partial charge in [0, 0.05) is 19.5 Å². The predicted molar refractivity (Wildman–Crippen MR) is 75.1 cm³/mol. The Kier molecular flexibility index (Phi) is 4.25. The van der Waals surface area contributed by atoms with E-state index in [1.54, 1.807) is 4.90 Å². The summed E-state index contributed by atoms with van der Waals surface area (Å²) in [6.07, 6.45) is 5.28. The predicted octanol–water partition coefficient (Wildman–Crippen LogP) is 1.38. The molecule has 2 saturated carbocycles. The molecule has 2 aliphatic carbocycles. The van der Waals surface area contributed by atoms with Gasteiger partial charge in [0.15, 0.2) is 11.7 Å². The third kappa shape index (κ3) is 2.96. The molecule has 4 atom stereocenters. The molecule has 0 radical (unpaired) electrons. The molecule has 0 N–H and O–H groups in total. The molecule has 1 heterocycles. The maximum atomic E-state index is 12.4. The van der Waals surface area contributed by atoms with Crippen LogP contribution in [0.15, 0.2) is 0 Å². The number of carbonyl (C=O) groups excluding carboxylic acids is 2. The molecule has 3 fully saturated rings. The van der Waals surface area contributed by atoms with Crippen LogP contribution in [0.2, 0.25) is 0 Å². The van der Waals surface area contributed by atoms with Gasteiger partial charge in [-0.2, -0.15) is 5.26 Å². The van der Waals surface area contributed by atoms with Crippen LogP contribution in [0.1, 0.15) is 32.1 Å². The van der Waals surface area contributed by atoms with Crippen molar-refractivity contribution in [1.29, 1.82) is 5.26 Å². The summed E-state index contributed by atoms with van der Waals surface area (Å²) in [5.41, 5.74) is 0. The second-order valence-electron chi connectivity index (χ2n) is 6.61. The Morgan fingerprint density at radius 2 is 2.00 bits per heavy atom. The standard InChI is InChI=1S/C16H22N2O3/c17-10-14(16(20)18-3-5-21-6-4-18)15(19)9-13-8-11-1-2-12(13)7-11/h11-14H,1-9H2/t11-,12-,13-,14+/m0/s1. The first-order valence-corrected chi connectivity index (χ1v) is 7.98. The second-order valence-corrected chi connectivity index (χ2v) is 6.61. The van der Waals surface area contributed by atoms with Gasteiger partial charge in [0.25, 0.3) is 0 Å². The van der Waals surface area contributed by atoms with Crippen LogP contribution in [0.5, 0.6) is 0 Å². The third-order valence-corrected chi connectivity index (χ3v) is 5.37. The molecular formula is C16H22N2O3. The van der Waals surface area contributed by atoms with Crippen molar-refractivity contribution < 1.29 is 14.3 Å². The number of hydrogen-bond acceptors (Lipinski definition) is 4. The second kappa shape index (κ2) is 6.15. The first-order valence-electron chi connectivity index (χ1n) is 7.98. The molecule has 3 rings (SSSR count). The lowest BCUT2D eigenvalue weighted by Crippen LogP contribution is -2.45. The van der Waals surface area contributed by atoms with Crippen LogP contribution in [0.25, 0.3) is 0 Å². The van der Waals surface area contributed by atoms with Crippen molar-refractivity contribution in [3.8, 4) is 6.07 Å². The number of ketones is 1. The normalized spacial score (nSPS) is 32.7. The summed E-state index contributed by atoms with van der Waals surface area (Å²) < 4.78 is 5.20. The van der Waals surface area contributed by atoms with Crippen molar-refractivity contribution in [2.75, 3.05) is 26.3 Å². The minimum absolute atomic E-state index is 0.174. The lowest BCUT2D eigenvalue weighted by molar-refractivity contribution is -0.142. The van der Waals surface area contributed by atoms with E-state index in [0.29, 0.717) is 44.6 Å². The molecule has 21 heavy (non-hydrogen) atoms.